The van der Waals surface area contributed by atoms with Gasteiger partial charge in [0.25, 0.3) is 0 Å². The van der Waals surface area contributed by atoms with Crippen LogP contribution >= 0.6 is 0 Å². The number of rotatable bonds is 10. The number of carbonyl (C=O) groups excluding carboxylic acids is 3. The minimum absolute atomic E-state index is 0.127. The molecule has 0 aliphatic carbocycles. The monoisotopic (exact) mass is 419 g/mol. The van der Waals surface area contributed by atoms with E-state index in [0.29, 0.717) is 23.9 Å². The predicted octanol–water partition coefficient (Wildman–Crippen LogP) is 4.30. The Morgan fingerprint density at radius 3 is 1.93 bits per heavy atom. The number of benzene rings is 1. The number of amides is 3. The molecule has 30 heavy (non-hydrogen) atoms. The second-order valence-corrected chi connectivity index (χ2v) is 8.49. The topological polar surface area (TPSA) is 87.3 Å². The van der Waals surface area contributed by atoms with Gasteiger partial charge in [-0.15, -0.1) is 0 Å². The van der Waals surface area contributed by atoms with Gasteiger partial charge in [-0.2, -0.15) is 0 Å². The van der Waals surface area contributed by atoms with Crippen LogP contribution in [-0.2, 0) is 20.8 Å². The van der Waals surface area contributed by atoms with Crippen molar-refractivity contribution >= 4 is 23.4 Å². The standard InChI is InChI=1S/C21H33N3O3.C3H8/c1-14(2)6-11-19(25)22-13-20(26)23-16(5)21(27)24-18-9-7-17(8-10-18)12-15(3)4;1-3-2/h7-10,14-16H,6,11-13H2,1-5H3,(H,22,25)(H,23,26)(H,24,27);3H2,1-2H3. The highest BCUT2D eigenvalue weighted by Crippen LogP contribution is 2.13. The largest absolute Gasteiger partial charge is 0.347 e. The molecule has 6 heteroatoms. The number of anilines is 1. The van der Waals surface area contributed by atoms with E-state index in [4.69, 9.17) is 0 Å². The first-order valence-corrected chi connectivity index (χ1v) is 11.0. The average Bonchev–Trinajstić information content (AvgIpc) is 2.66. The zero-order chi connectivity index (χ0) is 23.1. The Labute approximate surface area is 182 Å². The lowest BCUT2D eigenvalue weighted by Gasteiger charge is -2.15. The summed E-state index contributed by atoms with van der Waals surface area (Å²) in [6.45, 7) is 14.1. The lowest BCUT2D eigenvalue weighted by Crippen LogP contribution is -2.45. The molecule has 170 valence electrons. The van der Waals surface area contributed by atoms with E-state index in [1.54, 1.807) is 6.92 Å². The molecule has 0 aliphatic rings. The van der Waals surface area contributed by atoms with Gasteiger partial charge in [-0.3, -0.25) is 14.4 Å². The fraction of sp³-hybridized carbons (Fsp3) is 0.625. The predicted molar refractivity (Wildman–Crippen MR) is 124 cm³/mol. The first kappa shape index (κ1) is 27.6. The highest BCUT2D eigenvalue weighted by atomic mass is 16.2. The highest BCUT2D eigenvalue weighted by molar-refractivity contribution is 5.97. The highest BCUT2D eigenvalue weighted by Gasteiger charge is 2.16. The third-order valence-electron chi connectivity index (χ3n) is 4.03. The number of hydrogen-bond donors (Lipinski definition) is 3. The van der Waals surface area contributed by atoms with Crippen LogP contribution in [0.25, 0.3) is 0 Å². The van der Waals surface area contributed by atoms with Gasteiger partial charge in [0.15, 0.2) is 0 Å². The van der Waals surface area contributed by atoms with E-state index in [1.165, 1.54) is 12.0 Å². The summed E-state index contributed by atoms with van der Waals surface area (Å²) in [5.41, 5.74) is 1.91. The van der Waals surface area contributed by atoms with E-state index in [1.807, 2.05) is 38.1 Å². The number of carbonyl (C=O) groups is 3. The molecule has 0 bridgehead atoms. The first-order chi connectivity index (χ1) is 14.1. The zero-order valence-electron chi connectivity index (χ0n) is 19.8. The SMILES string of the molecule is CC(C)CCC(=O)NCC(=O)NC(C)C(=O)Nc1ccc(CC(C)C)cc1.CCC. The van der Waals surface area contributed by atoms with Gasteiger partial charge in [-0.25, -0.2) is 0 Å². The Morgan fingerprint density at radius 1 is 0.867 bits per heavy atom. The van der Waals surface area contributed by atoms with Crippen molar-refractivity contribution in [2.24, 2.45) is 11.8 Å². The normalized spacial score (nSPS) is 11.4. The molecule has 0 saturated heterocycles. The van der Waals surface area contributed by atoms with Gasteiger partial charge < -0.3 is 16.0 Å². The summed E-state index contributed by atoms with van der Waals surface area (Å²) in [5.74, 6) is 0.172. The molecule has 0 aromatic heterocycles. The number of hydrogen-bond acceptors (Lipinski definition) is 3. The van der Waals surface area contributed by atoms with Crippen molar-refractivity contribution in [2.75, 3.05) is 11.9 Å². The molecule has 1 atom stereocenters. The van der Waals surface area contributed by atoms with E-state index >= 15 is 0 Å². The summed E-state index contributed by atoms with van der Waals surface area (Å²) in [6, 6.07) is 7.01. The molecule has 0 spiro atoms. The van der Waals surface area contributed by atoms with Crippen molar-refractivity contribution < 1.29 is 14.4 Å². The van der Waals surface area contributed by atoms with Crippen LogP contribution in [0.15, 0.2) is 24.3 Å². The second-order valence-electron chi connectivity index (χ2n) is 8.49. The van der Waals surface area contributed by atoms with Crippen LogP contribution in [0.1, 0.15) is 73.3 Å². The van der Waals surface area contributed by atoms with Crippen molar-refractivity contribution in [3.05, 3.63) is 29.8 Å². The van der Waals surface area contributed by atoms with Crippen LogP contribution in [0, 0.1) is 11.8 Å². The third kappa shape index (κ3) is 13.7. The van der Waals surface area contributed by atoms with Crippen molar-refractivity contribution in [3.63, 3.8) is 0 Å². The Kier molecular flexibility index (Phi) is 14.2. The maximum Gasteiger partial charge on any atom is 0.246 e. The van der Waals surface area contributed by atoms with E-state index < -0.39 is 6.04 Å². The lowest BCUT2D eigenvalue weighted by molar-refractivity contribution is -0.128. The quantitative estimate of drug-likeness (QED) is 0.528. The van der Waals surface area contributed by atoms with Crippen molar-refractivity contribution in [1.82, 2.24) is 10.6 Å². The van der Waals surface area contributed by atoms with E-state index in [9.17, 15) is 14.4 Å². The summed E-state index contributed by atoms with van der Waals surface area (Å²) < 4.78 is 0. The minimum atomic E-state index is -0.694. The molecular formula is C24H41N3O3. The van der Waals surface area contributed by atoms with Crippen LogP contribution < -0.4 is 16.0 Å². The maximum absolute atomic E-state index is 12.2. The fourth-order valence-electron chi connectivity index (χ4n) is 2.49. The van der Waals surface area contributed by atoms with Crippen LogP contribution in [0.2, 0.25) is 0 Å². The molecular weight excluding hydrogens is 378 g/mol. The van der Waals surface area contributed by atoms with Gasteiger partial charge in [0, 0.05) is 12.1 Å². The van der Waals surface area contributed by atoms with Crippen LogP contribution in [0.5, 0.6) is 0 Å². The average molecular weight is 420 g/mol. The van der Waals surface area contributed by atoms with Crippen molar-refractivity contribution in [2.45, 2.75) is 80.2 Å². The molecule has 0 saturated carbocycles. The first-order valence-electron chi connectivity index (χ1n) is 11.0. The summed E-state index contributed by atoms with van der Waals surface area (Å²) >= 11 is 0. The third-order valence-corrected chi connectivity index (χ3v) is 4.03. The van der Waals surface area contributed by atoms with E-state index in [-0.39, 0.29) is 24.3 Å². The van der Waals surface area contributed by atoms with E-state index in [2.05, 4.69) is 43.6 Å². The summed E-state index contributed by atoms with van der Waals surface area (Å²) in [6.07, 6.45) is 3.42. The zero-order valence-corrected chi connectivity index (χ0v) is 19.8. The van der Waals surface area contributed by atoms with Crippen molar-refractivity contribution in [1.29, 1.82) is 0 Å². The van der Waals surface area contributed by atoms with E-state index in [0.717, 1.165) is 12.8 Å². The molecule has 1 rings (SSSR count). The molecule has 1 aromatic rings. The summed E-state index contributed by atoms with van der Waals surface area (Å²) in [7, 11) is 0. The molecule has 1 aromatic carbocycles. The molecule has 0 radical (unpaired) electrons. The van der Waals surface area contributed by atoms with Crippen LogP contribution in [-0.4, -0.2) is 30.3 Å². The van der Waals surface area contributed by atoms with Gasteiger partial charge in [0.1, 0.15) is 6.04 Å². The van der Waals surface area contributed by atoms with Gasteiger partial charge in [-0.1, -0.05) is 60.1 Å². The molecule has 1 unspecified atom stereocenters. The molecule has 3 N–H and O–H groups in total. The smallest absolute Gasteiger partial charge is 0.246 e. The molecule has 0 aliphatic heterocycles. The van der Waals surface area contributed by atoms with Crippen molar-refractivity contribution in [3.8, 4) is 0 Å². The van der Waals surface area contributed by atoms with Crippen LogP contribution in [0.3, 0.4) is 0 Å². The fourth-order valence-corrected chi connectivity index (χ4v) is 2.49. The molecule has 0 fully saturated rings. The maximum atomic E-state index is 12.2. The minimum Gasteiger partial charge on any atom is -0.347 e. The van der Waals surface area contributed by atoms with Gasteiger partial charge in [0.05, 0.1) is 6.54 Å². The van der Waals surface area contributed by atoms with Gasteiger partial charge in [-0.05, 0) is 49.3 Å². The Balaban J connectivity index is 0.00000263. The number of nitrogens with one attached hydrogen (secondary N) is 3. The van der Waals surface area contributed by atoms with Gasteiger partial charge >= 0.3 is 0 Å². The summed E-state index contributed by atoms with van der Waals surface area (Å²) in [4.78, 5) is 35.7. The Morgan fingerprint density at radius 2 is 1.43 bits per heavy atom. The van der Waals surface area contributed by atoms with Gasteiger partial charge in [0.2, 0.25) is 17.7 Å². The molecule has 0 heterocycles. The Hall–Kier alpha value is -2.37. The van der Waals surface area contributed by atoms with Crippen LogP contribution in [0.4, 0.5) is 5.69 Å². The summed E-state index contributed by atoms with van der Waals surface area (Å²) in [5, 5.41) is 7.95. The second kappa shape index (κ2) is 15.5. The lowest BCUT2D eigenvalue weighted by atomic mass is 10.0. The molecule has 3 amide bonds. The molecule has 6 nitrogen and oxygen atoms in total. The Bertz CT molecular complexity index is 640.